The van der Waals surface area contributed by atoms with Crippen LogP contribution >= 0.6 is 39.1 Å². The van der Waals surface area contributed by atoms with Crippen molar-refractivity contribution in [2.45, 2.75) is 25.7 Å². The first-order valence-corrected chi connectivity index (χ1v) is 14.4. The van der Waals surface area contributed by atoms with Gasteiger partial charge in [0.1, 0.15) is 12.3 Å². The first-order chi connectivity index (χ1) is 19.6. The monoisotopic (exact) mass is 656 g/mol. The SMILES string of the molecule is O=C(CN(C(=O)c1ccc(Cl)cc1Cl)N1C(=O)[C@@H]2CCCC[C@H]2C1=O)c1ccc(OC(=O)c2ccc(Br)cc2)cc1. The molecular weight excluding hydrogens is 635 g/mol. The van der Waals surface area contributed by atoms with E-state index >= 15 is 0 Å². The fourth-order valence-electron chi connectivity index (χ4n) is 5.11. The third-order valence-corrected chi connectivity index (χ3v) is 8.29. The molecule has 1 aliphatic heterocycles. The van der Waals surface area contributed by atoms with Gasteiger partial charge in [0, 0.05) is 15.1 Å². The van der Waals surface area contributed by atoms with Gasteiger partial charge in [-0.1, -0.05) is 52.0 Å². The summed E-state index contributed by atoms with van der Waals surface area (Å²) in [5, 5.41) is 2.02. The van der Waals surface area contributed by atoms with Gasteiger partial charge in [0.15, 0.2) is 5.78 Å². The third kappa shape index (κ3) is 6.07. The van der Waals surface area contributed by atoms with E-state index in [1.807, 2.05) is 0 Å². The van der Waals surface area contributed by atoms with E-state index in [-0.39, 0.29) is 21.9 Å². The summed E-state index contributed by atoms with van der Waals surface area (Å²) in [7, 11) is 0. The van der Waals surface area contributed by atoms with Crippen LogP contribution in [0.25, 0.3) is 0 Å². The van der Waals surface area contributed by atoms with Gasteiger partial charge >= 0.3 is 5.97 Å². The molecule has 41 heavy (non-hydrogen) atoms. The van der Waals surface area contributed by atoms with Crippen molar-refractivity contribution in [2.24, 2.45) is 11.8 Å². The fourth-order valence-corrected chi connectivity index (χ4v) is 5.86. The first kappa shape index (κ1) is 29.0. The Balaban J connectivity index is 1.38. The van der Waals surface area contributed by atoms with Gasteiger partial charge in [0.25, 0.3) is 17.7 Å². The van der Waals surface area contributed by atoms with Crippen molar-refractivity contribution in [3.8, 4) is 5.75 Å². The Labute approximate surface area is 254 Å². The zero-order valence-corrected chi connectivity index (χ0v) is 24.6. The van der Waals surface area contributed by atoms with E-state index in [9.17, 15) is 24.0 Å². The molecule has 0 bridgehead atoms. The van der Waals surface area contributed by atoms with Crippen molar-refractivity contribution >= 4 is 68.6 Å². The minimum atomic E-state index is -0.777. The molecule has 210 valence electrons. The minimum Gasteiger partial charge on any atom is -0.423 e. The molecular formula is C30H23BrCl2N2O6. The fraction of sp³-hybridized carbons (Fsp3) is 0.233. The second-order valence-electron chi connectivity index (χ2n) is 9.82. The maximum atomic E-state index is 13.7. The lowest BCUT2D eigenvalue weighted by Crippen LogP contribution is -2.52. The maximum Gasteiger partial charge on any atom is 0.343 e. The van der Waals surface area contributed by atoms with E-state index in [2.05, 4.69) is 15.9 Å². The summed E-state index contributed by atoms with van der Waals surface area (Å²) in [6.07, 6.45) is 2.71. The van der Waals surface area contributed by atoms with Crippen molar-refractivity contribution in [3.05, 3.63) is 97.9 Å². The molecule has 3 aromatic carbocycles. The maximum absolute atomic E-state index is 13.7. The quantitative estimate of drug-likeness (QED) is 0.126. The number of rotatable bonds is 7. The van der Waals surface area contributed by atoms with Crippen LogP contribution in [0.2, 0.25) is 10.0 Å². The van der Waals surface area contributed by atoms with Gasteiger partial charge in [0.05, 0.1) is 28.0 Å². The molecule has 0 N–H and O–H groups in total. The summed E-state index contributed by atoms with van der Waals surface area (Å²) in [5.41, 5.74) is 0.531. The average molecular weight is 658 g/mol. The van der Waals surface area contributed by atoms with E-state index in [0.29, 0.717) is 23.4 Å². The van der Waals surface area contributed by atoms with E-state index in [1.54, 1.807) is 24.3 Å². The summed E-state index contributed by atoms with van der Waals surface area (Å²) >= 11 is 15.6. The summed E-state index contributed by atoms with van der Waals surface area (Å²) < 4.78 is 6.20. The predicted molar refractivity (Wildman–Crippen MR) is 155 cm³/mol. The van der Waals surface area contributed by atoms with Crippen molar-refractivity contribution in [1.82, 2.24) is 10.0 Å². The molecule has 2 atom stereocenters. The van der Waals surface area contributed by atoms with Gasteiger partial charge in [-0.15, -0.1) is 0 Å². The lowest BCUT2D eigenvalue weighted by atomic mass is 9.81. The molecule has 1 aliphatic carbocycles. The number of ether oxygens (including phenoxy) is 1. The Morgan fingerprint density at radius 3 is 2.02 bits per heavy atom. The number of fused-ring (bicyclic) bond motifs is 1. The number of nitrogens with zero attached hydrogens (tertiary/aromatic N) is 2. The van der Waals surface area contributed by atoms with Crippen LogP contribution in [-0.2, 0) is 9.59 Å². The van der Waals surface area contributed by atoms with Gasteiger partial charge in [-0.25, -0.2) is 9.80 Å². The standard InChI is InChI=1S/C30H23BrCl2N2O6/c31-19-9-5-18(6-10-19)30(40)41-21-12-7-17(8-13-21)26(36)16-34(27(37)24-14-11-20(32)15-25(24)33)35-28(38)22-3-1-2-4-23(22)29(35)39/h5-15,22-23H,1-4,16H2/t22-,23-/m1/s1. The number of benzene rings is 3. The van der Waals surface area contributed by atoms with E-state index < -0.39 is 47.9 Å². The number of esters is 1. The zero-order chi connectivity index (χ0) is 29.3. The second kappa shape index (κ2) is 12.1. The molecule has 0 radical (unpaired) electrons. The van der Waals surface area contributed by atoms with Crippen LogP contribution in [-0.4, -0.2) is 46.0 Å². The van der Waals surface area contributed by atoms with E-state index in [4.69, 9.17) is 27.9 Å². The Morgan fingerprint density at radius 1 is 0.854 bits per heavy atom. The normalized spacial score (nSPS) is 18.2. The summed E-state index contributed by atoms with van der Waals surface area (Å²) in [6.45, 7) is -0.591. The zero-order valence-electron chi connectivity index (χ0n) is 21.5. The molecule has 1 saturated carbocycles. The molecule has 5 rings (SSSR count). The third-order valence-electron chi connectivity index (χ3n) is 7.22. The number of ketones is 1. The Kier molecular flexibility index (Phi) is 8.58. The number of halogens is 3. The Hall–Kier alpha value is -3.53. The summed E-state index contributed by atoms with van der Waals surface area (Å²) in [6, 6.07) is 16.7. The topological polar surface area (TPSA) is 101 Å². The van der Waals surface area contributed by atoms with Crippen molar-refractivity contribution in [3.63, 3.8) is 0 Å². The highest BCUT2D eigenvalue weighted by Gasteiger charge is 2.52. The molecule has 3 aromatic rings. The van der Waals surface area contributed by atoms with Gasteiger partial charge in [-0.05, 0) is 79.6 Å². The molecule has 0 spiro atoms. The minimum absolute atomic E-state index is 0.00506. The van der Waals surface area contributed by atoms with Gasteiger partial charge in [0.2, 0.25) is 0 Å². The highest BCUT2D eigenvalue weighted by atomic mass is 79.9. The van der Waals surface area contributed by atoms with Crippen LogP contribution in [0.3, 0.4) is 0 Å². The van der Waals surface area contributed by atoms with Gasteiger partial charge in [-0.3, -0.25) is 19.2 Å². The van der Waals surface area contributed by atoms with E-state index in [0.717, 1.165) is 27.3 Å². The number of Topliss-reactive ketones (excluding diaryl/α,β-unsaturated/α-hetero) is 1. The molecule has 2 aliphatic rings. The first-order valence-electron chi connectivity index (χ1n) is 12.9. The number of amides is 3. The van der Waals surface area contributed by atoms with Gasteiger partial charge in [-0.2, -0.15) is 5.01 Å². The molecule has 2 fully saturated rings. The van der Waals surface area contributed by atoms with Crippen LogP contribution < -0.4 is 4.74 Å². The highest BCUT2D eigenvalue weighted by molar-refractivity contribution is 9.10. The number of imide groups is 1. The number of hydrogen-bond acceptors (Lipinski definition) is 6. The van der Waals surface area contributed by atoms with Crippen LogP contribution in [0, 0.1) is 11.8 Å². The molecule has 0 unspecified atom stereocenters. The van der Waals surface area contributed by atoms with Crippen molar-refractivity contribution in [2.75, 3.05) is 6.54 Å². The van der Waals surface area contributed by atoms with Crippen molar-refractivity contribution < 1.29 is 28.7 Å². The summed E-state index contributed by atoms with van der Waals surface area (Å²) in [5.74, 6) is -3.72. The lowest BCUT2D eigenvalue weighted by Gasteiger charge is -2.30. The number of hydrogen-bond donors (Lipinski definition) is 0. The van der Waals surface area contributed by atoms with Crippen molar-refractivity contribution in [1.29, 1.82) is 0 Å². The largest absolute Gasteiger partial charge is 0.423 e. The number of hydrazine groups is 1. The highest BCUT2D eigenvalue weighted by Crippen LogP contribution is 2.39. The predicted octanol–water partition coefficient (Wildman–Crippen LogP) is 6.39. The van der Waals surface area contributed by atoms with Gasteiger partial charge < -0.3 is 4.74 Å². The summed E-state index contributed by atoms with van der Waals surface area (Å²) in [4.78, 5) is 66.2. The molecule has 1 heterocycles. The Morgan fingerprint density at radius 2 is 1.44 bits per heavy atom. The molecule has 1 saturated heterocycles. The average Bonchev–Trinajstić information content (AvgIpc) is 3.21. The van der Waals surface area contributed by atoms with E-state index in [1.165, 1.54) is 42.5 Å². The lowest BCUT2D eigenvalue weighted by molar-refractivity contribution is -0.154. The molecule has 0 aromatic heterocycles. The van der Waals surface area contributed by atoms with Crippen LogP contribution in [0.15, 0.2) is 71.2 Å². The van der Waals surface area contributed by atoms with Crippen LogP contribution in [0.4, 0.5) is 0 Å². The number of carbonyl (C=O) groups excluding carboxylic acids is 5. The van der Waals surface area contributed by atoms with Crippen LogP contribution in [0.1, 0.15) is 56.8 Å². The smallest absolute Gasteiger partial charge is 0.343 e. The second-order valence-corrected chi connectivity index (χ2v) is 11.6. The molecule has 11 heteroatoms. The molecule has 8 nitrogen and oxygen atoms in total. The van der Waals surface area contributed by atoms with Crippen LogP contribution in [0.5, 0.6) is 5.75 Å². The Bertz CT molecular complexity index is 1520. The molecule has 3 amide bonds. The number of carbonyl (C=O) groups is 5.